The van der Waals surface area contributed by atoms with Crippen LogP contribution in [0.25, 0.3) is 6.08 Å². The van der Waals surface area contributed by atoms with Gasteiger partial charge in [0.2, 0.25) is 5.95 Å². The number of carbonyl (C=O) groups excluding carboxylic acids is 2. The number of thioether (sulfide) groups is 1. The fraction of sp³-hybridized carbons (Fsp3) is 0.381. The Morgan fingerprint density at radius 2 is 2.00 bits per heavy atom. The van der Waals surface area contributed by atoms with Crippen LogP contribution in [0.5, 0.6) is 5.75 Å². The Morgan fingerprint density at radius 1 is 1.19 bits per heavy atom. The van der Waals surface area contributed by atoms with Crippen molar-refractivity contribution in [3.05, 3.63) is 46.9 Å². The molecule has 1 aliphatic heterocycles. The molecule has 2 aromatic rings. The number of methoxy groups -OCH3 is 1. The van der Waals surface area contributed by atoms with Gasteiger partial charge in [0.05, 0.1) is 17.7 Å². The van der Waals surface area contributed by atoms with Crippen molar-refractivity contribution in [1.29, 1.82) is 0 Å². The molecule has 2 fully saturated rings. The second kappa shape index (κ2) is 9.88. The summed E-state index contributed by atoms with van der Waals surface area (Å²) in [6.45, 7) is 0.730. The predicted molar refractivity (Wildman–Crippen MR) is 118 cm³/mol. The minimum absolute atomic E-state index is 0.291. The molecule has 3 heterocycles. The van der Waals surface area contributed by atoms with Gasteiger partial charge >= 0.3 is 0 Å². The highest BCUT2D eigenvalue weighted by atomic mass is 32.2. The van der Waals surface area contributed by atoms with Gasteiger partial charge in [0.25, 0.3) is 11.1 Å². The fourth-order valence-electron chi connectivity index (χ4n) is 3.70. The van der Waals surface area contributed by atoms with Crippen molar-refractivity contribution in [2.75, 3.05) is 12.4 Å². The molecule has 1 saturated carbocycles. The van der Waals surface area contributed by atoms with E-state index in [2.05, 4.69) is 30.9 Å². The molecule has 0 spiro atoms. The molecule has 2 aromatic heterocycles. The Kier molecular flexibility index (Phi) is 6.78. The van der Waals surface area contributed by atoms with Gasteiger partial charge in [0.1, 0.15) is 5.75 Å². The molecule has 0 aromatic carbocycles. The van der Waals surface area contributed by atoms with Crippen molar-refractivity contribution in [2.24, 2.45) is 0 Å². The first-order valence-electron chi connectivity index (χ1n) is 10.2. The van der Waals surface area contributed by atoms with Crippen LogP contribution in [-0.4, -0.2) is 45.3 Å². The number of ether oxygens (including phenoxy) is 1. The Balaban J connectivity index is 1.28. The van der Waals surface area contributed by atoms with Crippen LogP contribution in [0.3, 0.4) is 0 Å². The molecule has 1 aliphatic carbocycles. The molecule has 0 unspecified atom stereocenters. The van der Waals surface area contributed by atoms with Crippen molar-refractivity contribution in [2.45, 2.75) is 44.3 Å². The van der Waals surface area contributed by atoms with Crippen LogP contribution in [0, 0.1) is 0 Å². The lowest BCUT2D eigenvalue weighted by molar-refractivity contribution is -0.115. The van der Waals surface area contributed by atoms with Gasteiger partial charge in [0, 0.05) is 42.8 Å². The first-order chi connectivity index (χ1) is 15.1. The zero-order chi connectivity index (χ0) is 21.6. The van der Waals surface area contributed by atoms with Crippen LogP contribution in [0.15, 0.2) is 35.6 Å². The number of hydrogen-bond acceptors (Lipinski definition) is 9. The molecule has 9 nitrogen and oxygen atoms in total. The molecule has 1 saturated heterocycles. The van der Waals surface area contributed by atoms with Gasteiger partial charge in [-0.25, -0.2) is 9.97 Å². The highest BCUT2D eigenvalue weighted by Crippen LogP contribution is 2.26. The van der Waals surface area contributed by atoms with E-state index in [4.69, 9.17) is 4.74 Å². The Hall–Kier alpha value is -2.98. The molecule has 2 aliphatic rings. The summed E-state index contributed by atoms with van der Waals surface area (Å²) < 4.78 is 5.38. The number of rotatable bonds is 7. The average Bonchev–Trinajstić information content (AvgIpc) is 3.10. The molecular formula is C21H24N6O3S. The van der Waals surface area contributed by atoms with Gasteiger partial charge in [0.15, 0.2) is 0 Å². The Labute approximate surface area is 184 Å². The quantitative estimate of drug-likeness (QED) is 0.558. The molecule has 10 heteroatoms. The molecule has 0 atom stereocenters. The standard InChI is InChI=1S/C21H24N6O3S/c1-30-17-7-8-22-11-13(17)12-24-14-2-4-15(5-3-14)25-20-23-9-6-16(26-20)10-18-19(28)27-21(29)31-18/h6-11,14-15,24H,2-5,12H2,1H3,(H,23,25,26)(H,27,28,29)/b18-10-/t14-,15-. The van der Waals surface area contributed by atoms with Crippen LogP contribution >= 0.6 is 11.8 Å². The second-order valence-corrected chi connectivity index (χ2v) is 8.43. The third-order valence-electron chi connectivity index (χ3n) is 5.32. The van der Waals surface area contributed by atoms with E-state index in [0.717, 1.165) is 55.3 Å². The zero-order valence-electron chi connectivity index (χ0n) is 17.1. The van der Waals surface area contributed by atoms with Gasteiger partial charge in [-0.15, -0.1) is 0 Å². The van der Waals surface area contributed by atoms with E-state index in [1.807, 2.05) is 12.3 Å². The normalized spacial score (nSPS) is 22.4. The first-order valence-corrected chi connectivity index (χ1v) is 11.0. The van der Waals surface area contributed by atoms with Gasteiger partial charge in [-0.2, -0.15) is 0 Å². The van der Waals surface area contributed by atoms with Gasteiger partial charge in [-0.1, -0.05) is 0 Å². The maximum Gasteiger partial charge on any atom is 0.290 e. The van der Waals surface area contributed by atoms with Crippen LogP contribution in [0.2, 0.25) is 0 Å². The third-order valence-corrected chi connectivity index (χ3v) is 6.13. The number of imide groups is 1. The SMILES string of the molecule is COc1ccncc1CN[C@H]1CC[C@H](Nc2nccc(/C=C3\SC(=O)NC3=O)n2)CC1. The Morgan fingerprint density at radius 3 is 2.74 bits per heavy atom. The van der Waals surface area contributed by atoms with E-state index >= 15 is 0 Å². The second-order valence-electron chi connectivity index (χ2n) is 7.42. The molecule has 4 rings (SSSR count). The summed E-state index contributed by atoms with van der Waals surface area (Å²) >= 11 is 0.877. The van der Waals surface area contributed by atoms with Crippen LogP contribution in [-0.2, 0) is 11.3 Å². The highest BCUT2D eigenvalue weighted by molar-refractivity contribution is 8.18. The lowest BCUT2D eigenvalue weighted by atomic mass is 9.91. The van der Waals surface area contributed by atoms with Crippen molar-refractivity contribution in [3.8, 4) is 5.75 Å². The number of hydrogen-bond donors (Lipinski definition) is 3. The van der Waals surface area contributed by atoms with E-state index < -0.39 is 5.91 Å². The van der Waals surface area contributed by atoms with Crippen LogP contribution in [0.1, 0.15) is 36.9 Å². The number of amides is 2. The number of aromatic nitrogens is 3. The third kappa shape index (κ3) is 5.59. The average molecular weight is 441 g/mol. The van der Waals surface area contributed by atoms with Crippen molar-refractivity contribution < 1.29 is 14.3 Å². The van der Waals surface area contributed by atoms with Crippen LogP contribution < -0.4 is 20.7 Å². The highest BCUT2D eigenvalue weighted by Gasteiger charge is 2.25. The summed E-state index contributed by atoms with van der Waals surface area (Å²) in [5.74, 6) is 0.987. The Bertz CT molecular complexity index is 991. The number of anilines is 1. The lowest BCUT2D eigenvalue weighted by Gasteiger charge is -2.30. The molecule has 3 N–H and O–H groups in total. The van der Waals surface area contributed by atoms with Crippen molar-refractivity contribution >= 4 is 34.9 Å². The minimum Gasteiger partial charge on any atom is -0.496 e. The maximum absolute atomic E-state index is 11.7. The monoisotopic (exact) mass is 440 g/mol. The topological polar surface area (TPSA) is 118 Å². The summed E-state index contributed by atoms with van der Waals surface area (Å²) in [4.78, 5) is 36.3. The summed E-state index contributed by atoms with van der Waals surface area (Å²) in [5, 5.41) is 8.87. The summed E-state index contributed by atoms with van der Waals surface area (Å²) in [6.07, 6.45) is 10.9. The fourth-order valence-corrected chi connectivity index (χ4v) is 4.37. The molecule has 0 radical (unpaired) electrons. The molecule has 162 valence electrons. The van der Waals surface area contributed by atoms with E-state index in [-0.39, 0.29) is 5.24 Å². The van der Waals surface area contributed by atoms with Gasteiger partial charge < -0.3 is 15.4 Å². The summed E-state index contributed by atoms with van der Waals surface area (Å²) in [7, 11) is 1.67. The number of carbonyl (C=O) groups is 2. The van der Waals surface area contributed by atoms with E-state index in [0.29, 0.717) is 28.6 Å². The summed E-state index contributed by atoms with van der Waals surface area (Å²) in [6, 6.07) is 4.31. The smallest absolute Gasteiger partial charge is 0.290 e. The van der Waals surface area contributed by atoms with Gasteiger partial charge in [-0.05, 0) is 55.7 Å². The number of nitrogens with zero attached hydrogens (tertiary/aromatic N) is 3. The van der Waals surface area contributed by atoms with Crippen LogP contribution in [0.4, 0.5) is 10.7 Å². The van der Waals surface area contributed by atoms with Gasteiger partial charge in [-0.3, -0.25) is 19.9 Å². The minimum atomic E-state index is -0.391. The predicted octanol–water partition coefficient (Wildman–Crippen LogP) is 2.72. The molecule has 0 bridgehead atoms. The molecular weight excluding hydrogens is 416 g/mol. The van der Waals surface area contributed by atoms with Crippen molar-refractivity contribution in [1.82, 2.24) is 25.6 Å². The van der Waals surface area contributed by atoms with E-state index in [1.54, 1.807) is 31.6 Å². The van der Waals surface area contributed by atoms with Crippen molar-refractivity contribution in [3.63, 3.8) is 0 Å². The lowest BCUT2D eigenvalue weighted by Crippen LogP contribution is -2.37. The number of nitrogens with one attached hydrogen (secondary N) is 3. The first kappa shape index (κ1) is 21.3. The van der Waals surface area contributed by atoms with E-state index in [1.165, 1.54) is 0 Å². The zero-order valence-corrected chi connectivity index (χ0v) is 17.9. The molecule has 31 heavy (non-hydrogen) atoms. The number of pyridine rings is 1. The maximum atomic E-state index is 11.7. The summed E-state index contributed by atoms with van der Waals surface area (Å²) in [5.41, 5.74) is 1.64. The largest absolute Gasteiger partial charge is 0.496 e. The molecule has 2 amide bonds. The van der Waals surface area contributed by atoms with E-state index in [9.17, 15) is 9.59 Å².